The molecular weight excluding hydrogens is 949 g/mol. The van der Waals surface area contributed by atoms with Crippen LogP contribution in [0.1, 0.15) is 33.5 Å². The van der Waals surface area contributed by atoms with Crippen molar-refractivity contribution in [3.8, 4) is 67.3 Å². The summed E-state index contributed by atoms with van der Waals surface area (Å²) in [6, 6.07) is 84.1. The minimum atomic E-state index is 1.03. The van der Waals surface area contributed by atoms with Crippen LogP contribution in [0.25, 0.3) is 67.3 Å². The highest BCUT2D eigenvalue weighted by Gasteiger charge is 2.02. The van der Waals surface area contributed by atoms with E-state index >= 15 is 0 Å². The Labute approximate surface area is 462 Å². The van der Waals surface area contributed by atoms with Gasteiger partial charge in [-0.15, -0.1) is 0 Å². The summed E-state index contributed by atoms with van der Waals surface area (Å²) in [6.07, 6.45) is 12.9. The van der Waals surface area contributed by atoms with E-state index in [9.17, 15) is 0 Å². The van der Waals surface area contributed by atoms with Gasteiger partial charge in [-0.1, -0.05) is 211 Å². The average molecular weight is 1020 g/mol. The largest absolute Gasteiger partial charge is 0.264 e. The van der Waals surface area contributed by atoms with Crippen LogP contribution in [0.3, 0.4) is 0 Å². The van der Waals surface area contributed by atoms with Gasteiger partial charge >= 0.3 is 0 Å². The summed E-state index contributed by atoms with van der Waals surface area (Å²) in [5.41, 5.74) is 21.0. The van der Waals surface area contributed by atoms with E-state index < -0.39 is 0 Å². The van der Waals surface area contributed by atoms with E-state index in [1.165, 1.54) is 72.3 Å². The monoisotopic (exact) mass is 1010 g/mol. The molecule has 0 unspecified atom stereocenters. The molecule has 0 atom stereocenters. The summed E-state index contributed by atoms with van der Waals surface area (Å²) >= 11 is 0. The van der Waals surface area contributed by atoms with Crippen molar-refractivity contribution in [2.24, 2.45) is 0 Å². The van der Waals surface area contributed by atoms with Gasteiger partial charge in [0.15, 0.2) is 0 Å². The lowest BCUT2D eigenvalue weighted by Gasteiger charge is -2.02. The molecule has 0 spiro atoms. The molecule has 0 aliphatic rings. The molecule has 384 valence electrons. The number of pyridine rings is 6. The van der Waals surface area contributed by atoms with E-state index in [0.717, 1.165) is 28.5 Å². The van der Waals surface area contributed by atoms with Crippen molar-refractivity contribution in [3.63, 3.8) is 0 Å². The van der Waals surface area contributed by atoms with Crippen molar-refractivity contribution >= 4 is 0 Å². The minimum Gasteiger partial charge on any atom is -0.264 e. The van der Waals surface area contributed by atoms with Gasteiger partial charge < -0.3 is 0 Å². The van der Waals surface area contributed by atoms with Gasteiger partial charge in [0.25, 0.3) is 0 Å². The van der Waals surface area contributed by atoms with E-state index in [2.05, 4.69) is 185 Å². The van der Waals surface area contributed by atoms with E-state index in [0.29, 0.717) is 0 Å². The number of hydrogen-bond acceptors (Lipinski definition) is 6. The van der Waals surface area contributed by atoms with Crippen LogP contribution in [0.5, 0.6) is 0 Å². The van der Waals surface area contributed by atoms with Crippen molar-refractivity contribution in [2.45, 2.75) is 41.5 Å². The topological polar surface area (TPSA) is 77.3 Å². The maximum absolute atomic E-state index is 4.44. The molecule has 0 saturated carbocycles. The van der Waals surface area contributed by atoms with Crippen LogP contribution in [0.2, 0.25) is 0 Å². The average Bonchev–Trinajstić information content (AvgIpc) is 3.50. The number of benzene rings is 6. The third-order valence-electron chi connectivity index (χ3n) is 12.0. The fourth-order valence-corrected chi connectivity index (χ4v) is 7.88. The van der Waals surface area contributed by atoms with Crippen LogP contribution in [-0.4, -0.2) is 29.9 Å². The van der Waals surface area contributed by atoms with E-state index in [-0.39, 0.29) is 0 Å². The Hall–Kier alpha value is -9.78. The standard InChI is InChI=1S/6C12H11N/c1-10-4-2-5-11(8-10)12-6-3-7-13-9-12;1-10-4-6-11(7-5-10)12-3-2-8-13-9-12;1-10-6-5-9-13-12(10)11-7-3-2-4-8-11;1-10-6-5-9-12(13-10)11-7-3-2-4-8-11;1-10-7-8-13-12(9-10)11-5-3-2-4-6-11;1-10-7-8-12(13-9-10)11-5-3-2-4-6-11/h6*2-9H,1H3. The van der Waals surface area contributed by atoms with Gasteiger partial charge in [-0.3, -0.25) is 29.9 Å². The molecule has 0 radical (unpaired) electrons. The van der Waals surface area contributed by atoms with Gasteiger partial charge in [-0.2, -0.15) is 0 Å². The number of aryl methyl sites for hydroxylation is 6. The predicted molar refractivity (Wildman–Crippen MR) is 326 cm³/mol. The van der Waals surface area contributed by atoms with Crippen LogP contribution >= 0.6 is 0 Å². The Balaban J connectivity index is 0.000000136. The molecule has 0 fully saturated rings. The number of aromatic nitrogens is 6. The molecule has 12 aromatic rings. The lowest BCUT2D eigenvalue weighted by atomic mass is 10.1. The molecule has 6 aromatic heterocycles. The fraction of sp³-hybridized carbons (Fsp3) is 0.0833. The molecule has 6 nitrogen and oxygen atoms in total. The number of nitrogens with zero attached hydrogens (tertiary/aromatic N) is 6. The van der Waals surface area contributed by atoms with Gasteiger partial charge in [0.1, 0.15) is 0 Å². The fourth-order valence-electron chi connectivity index (χ4n) is 7.88. The Morgan fingerprint density at radius 2 is 0.744 bits per heavy atom. The molecule has 0 bridgehead atoms. The summed E-state index contributed by atoms with van der Waals surface area (Å²) in [6.45, 7) is 12.4. The molecular formula is C72H66N6. The van der Waals surface area contributed by atoms with Crippen molar-refractivity contribution in [1.29, 1.82) is 0 Å². The van der Waals surface area contributed by atoms with Gasteiger partial charge in [0.05, 0.1) is 22.8 Å². The van der Waals surface area contributed by atoms with Gasteiger partial charge in [-0.25, -0.2) is 0 Å². The van der Waals surface area contributed by atoms with E-state index in [1.807, 2.05) is 166 Å². The van der Waals surface area contributed by atoms with Crippen molar-refractivity contribution in [2.75, 3.05) is 0 Å². The zero-order valence-electron chi connectivity index (χ0n) is 45.4. The zero-order chi connectivity index (χ0) is 54.6. The summed E-state index contributed by atoms with van der Waals surface area (Å²) in [5, 5.41) is 0. The normalized spacial score (nSPS) is 9.92. The second kappa shape index (κ2) is 30.6. The quantitative estimate of drug-likeness (QED) is 0.165. The molecule has 78 heavy (non-hydrogen) atoms. The summed E-state index contributed by atoms with van der Waals surface area (Å²) in [5.74, 6) is 0. The number of hydrogen-bond donors (Lipinski definition) is 0. The SMILES string of the molecule is Cc1ccc(-c2ccccc2)nc1.Cc1ccc(-c2cccnc2)cc1.Cc1cccc(-c2ccccc2)n1.Cc1cccc(-c2cccnc2)c1.Cc1cccnc1-c1ccccc1.Cc1ccnc(-c2ccccc2)c1. The van der Waals surface area contributed by atoms with Crippen LogP contribution in [0.4, 0.5) is 0 Å². The highest BCUT2D eigenvalue weighted by molar-refractivity contribution is 5.65. The molecule has 6 heteroatoms. The Bertz CT molecular complexity index is 3310. The van der Waals surface area contributed by atoms with Crippen molar-refractivity contribution in [3.05, 3.63) is 326 Å². The van der Waals surface area contributed by atoms with Crippen molar-refractivity contribution < 1.29 is 0 Å². The molecule has 0 aliphatic carbocycles. The first kappa shape index (κ1) is 56.0. The third-order valence-corrected chi connectivity index (χ3v) is 12.0. The Morgan fingerprint density at radius 3 is 1.27 bits per heavy atom. The lowest BCUT2D eigenvalue weighted by Crippen LogP contribution is -1.85. The molecule has 0 saturated heterocycles. The molecule has 12 rings (SSSR count). The maximum Gasteiger partial charge on any atom is 0.0731 e. The van der Waals surface area contributed by atoms with Crippen LogP contribution < -0.4 is 0 Å². The molecule has 0 amide bonds. The maximum atomic E-state index is 4.44. The van der Waals surface area contributed by atoms with Crippen LogP contribution in [-0.2, 0) is 0 Å². The van der Waals surface area contributed by atoms with E-state index in [1.54, 1.807) is 12.4 Å². The highest BCUT2D eigenvalue weighted by Crippen LogP contribution is 2.22. The van der Waals surface area contributed by atoms with Gasteiger partial charge in [-0.05, 0) is 129 Å². The van der Waals surface area contributed by atoms with E-state index in [4.69, 9.17) is 0 Å². The highest BCUT2D eigenvalue weighted by atomic mass is 14.7. The first-order valence-electron chi connectivity index (χ1n) is 26.0. The zero-order valence-corrected chi connectivity index (χ0v) is 45.4. The van der Waals surface area contributed by atoms with Gasteiger partial charge in [0, 0.05) is 71.3 Å². The Morgan fingerprint density at radius 1 is 0.244 bits per heavy atom. The smallest absolute Gasteiger partial charge is 0.0731 e. The van der Waals surface area contributed by atoms with Crippen LogP contribution in [0.15, 0.2) is 292 Å². The molecule has 6 aromatic carbocycles. The first-order valence-corrected chi connectivity index (χ1v) is 26.0. The Kier molecular flexibility index (Phi) is 21.9. The molecule has 0 aliphatic heterocycles. The number of rotatable bonds is 6. The van der Waals surface area contributed by atoms with Gasteiger partial charge in [0.2, 0.25) is 0 Å². The second-order valence-corrected chi connectivity index (χ2v) is 18.5. The predicted octanol–water partition coefficient (Wildman–Crippen LogP) is 18.3. The summed E-state index contributed by atoms with van der Waals surface area (Å²) in [4.78, 5) is 25.6. The third kappa shape index (κ3) is 18.6. The summed E-state index contributed by atoms with van der Waals surface area (Å²) < 4.78 is 0. The molecule has 0 N–H and O–H groups in total. The molecule has 6 heterocycles. The minimum absolute atomic E-state index is 1.03. The first-order chi connectivity index (χ1) is 38.2. The van der Waals surface area contributed by atoms with Crippen molar-refractivity contribution in [1.82, 2.24) is 29.9 Å². The summed E-state index contributed by atoms with van der Waals surface area (Å²) in [7, 11) is 0. The second-order valence-electron chi connectivity index (χ2n) is 18.5. The van der Waals surface area contributed by atoms with Crippen LogP contribution in [0, 0.1) is 41.5 Å². The lowest BCUT2D eigenvalue weighted by molar-refractivity contribution is 1.21.